The van der Waals surface area contributed by atoms with Crippen molar-refractivity contribution in [2.75, 3.05) is 19.6 Å². The van der Waals surface area contributed by atoms with E-state index < -0.39 is 0 Å². The van der Waals surface area contributed by atoms with Crippen LogP contribution < -0.4 is 5.73 Å². The van der Waals surface area contributed by atoms with Crippen LogP contribution in [0.15, 0.2) is 12.2 Å². The van der Waals surface area contributed by atoms with Gasteiger partial charge in [0.1, 0.15) is 0 Å². The molecular weight excluding hydrogens is 500 g/mol. The molecule has 0 heterocycles. The number of unbranched alkanes of at least 4 members (excludes halogenated alkanes) is 27. The third kappa shape index (κ3) is 31.9. The average Bonchev–Trinajstić information content (AvgIpc) is 2.99. The van der Waals surface area contributed by atoms with Crippen LogP contribution in [0, 0.1) is 0 Å². The first kappa shape index (κ1) is 40.2. The Bertz CT molecular complexity index is 532. The zero-order valence-corrected chi connectivity index (χ0v) is 28.4. The maximum absolute atomic E-state index is 12.3. The highest BCUT2D eigenvalue weighted by atomic mass is 16.2. The summed E-state index contributed by atoms with van der Waals surface area (Å²) in [5.41, 5.74) is 5.70. The predicted molar refractivity (Wildman–Crippen MR) is 185 cm³/mol. The summed E-state index contributed by atoms with van der Waals surface area (Å²) in [7, 11) is 0. The Balaban J connectivity index is 3.53. The van der Waals surface area contributed by atoms with E-state index >= 15 is 0 Å². The molecule has 0 aliphatic heterocycles. The van der Waals surface area contributed by atoms with Gasteiger partial charge in [-0.1, -0.05) is 180 Å². The van der Waals surface area contributed by atoms with Crippen molar-refractivity contribution in [2.45, 2.75) is 206 Å². The van der Waals surface area contributed by atoms with E-state index in [0.717, 1.165) is 25.9 Å². The molecule has 244 valence electrons. The third-order valence-electron chi connectivity index (χ3n) is 8.75. The van der Waals surface area contributed by atoms with Crippen LogP contribution in [0.1, 0.15) is 206 Å². The molecule has 1 amide bonds. The molecule has 41 heavy (non-hydrogen) atoms. The predicted octanol–water partition coefficient (Wildman–Crippen LogP) is 12.1. The van der Waals surface area contributed by atoms with Crippen molar-refractivity contribution in [1.82, 2.24) is 4.90 Å². The lowest BCUT2D eigenvalue weighted by atomic mass is 10.0. The molecule has 0 radical (unpaired) electrons. The molecule has 0 unspecified atom stereocenters. The number of amides is 1. The molecule has 0 saturated heterocycles. The number of allylic oxidation sites excluding steroid dienone is 2. The van der Waals surface area contributed by atoms with Gasteiger partial charge in [0.25, 0.3) is 0 Å². The molecule has 0 saturated carbocycles. The zero-order valence-electron chi connectivity index (χ0n) is 28.4. The summed E-state index contributed by atoms with van der Waals surface area (Å²) in [6.07, 6.45) is 45.5. The Morgan fingerprint density at radius 1 is 0.439 bits per heavy atom. The quantitative estimate of drug-likeness (QED) is 0.0611. The summed E-state index contributed by atoms with van der Waals surface area (Å²) in [4.78, 5) is 14.3. The lowest BCUT2D eigenvalue weighted by molar-refractivity contribution is -0.129. The van der Waals surface area contributed by atoms with Crippen molar-refractivity contribution >= 4 is 5.91 Å². The Hall–Kier alpha value is -0.830. The summed E-state index contributed by atoms with van der Waals surface area (Å²) >= 11 is 0. The normalized spacial score (nSPS) is 11.6. The molecule has 0 aromatic rings. The first-order valence-electron chi connectivity index (χ1n) is 18.9. The van der Waals surface area contributed by atoms with E-state index in [1.165, 1.54) is 180 Å². The van der Waals surface area contributed by atoms with Gasteiger partial charge in [-0.15, -0.1) is 0 Å². The molecule has 0 aromatic carbocycles. The van der Waals surface area contributed by atoms with E-state index in [2.05, 4.69) is 26.0 Å². The van der Waals surface area contributed by atoms with Crippen LogP contribution in [0.25, 0.3) is 0 Å². The van der Waals surface area contributed by atoms with Gasteiger partial charge < -0.3 is 10.6 Å². The van der Waals surface area contributed by atoms with Gasteiger partial charge in [-0.05, 0) is 38.5 Å². The highest BCUT2D eigenvalue weighted by Gasteiger charge is 2.10. The third-order valence-corrected chi connectivity index (χ3v) is 8.75. The summed E-state index contributed by atoms with van der Waals surface area (Å²) in [6, 6.07) is 0. The van der Waals surface area contributed by atoms with Crippen molar-refractivity contribution in [3.63, 3.8) is 0 Å². The molecule has 2 N–H and O–H groups in total. The minimum atomic E-state index is 0.138. The molecule has 0 atom stereocenters. The van der Waals surface area contributed by atoms with Crippen molar-refractivity contribution in [3.8, 4) is 0 Å². The van der Waals surface area contributed by atoms with Crippen LogP contribution in [-0.4, -0.2) is 30.4 Å². The topological polar surface area (TPSA) is 46.3 Å². The molecule has 0 aliphatic rings. The standard InChI is InChI=1S/C38H76N2O/c1-3-5-7-9-11-13-15-17-19-21-23-25-27-29-31-33-35-40(38(41)37-39)36-34-32-30-28-26-24-22-20-18-16-14-12-10-8-6-4-2/h17,19H,3-16,18,20-37,39H2,1-2H3. The molecule has 0 fully saturated rings. The zero-order chi connectivity index (χ0) is 29.9. The van der Waals surface area contributed by atoms with Gasteiger partial charge in [0.05, 0.1) is 6.54 Å². The van der Waals surface area contributed by atoms with Gasteiger partial charge in [0.15, 0.2) is 0 Å². The molecule has 0 bridgehead atoms. The highest BCUT2D eigenvalue weighted by Crippen LogP contribution is 2.15. The van der Waals surface area contributed by atoms with Gasteiger partial charge in [0, 0.05) is 13.1 Å². The second-order valence-electron chi connectivity index (χ2n) is 12.8. The summed E-state index contributed by atoms with van der Waals surface area (Å²) in [6.45, 7) is 6.53. The maximum atomic E-state index is 12.3. The van der Waals surface area contributed by atoms with Gasteiger partial charge in [0.2, 0.25) is 5.91 Å². The van der Waals surface area contributed by atoms with Crippen LogP contribution in [0.3, 0.4) is 0 Å². The van der Waals surface area contributed by atoms with Crippen molar-refractivity contribution in [3.05, 3.63) is 12.2 Å². The highest BCUT2D eigenvalue weighted by molar-refractivity contribution is 5.77. The lowest BCUT2D eigenvalue weighted by Crippen LogP contribution is -2.37. The minimum absolute atomic E-state index is 0.138. The summed E-state index contributed by atoms with van der Waals surface area (Å²) in [5, 5.41) is 0. The minimum Gasteiger partial charge on any atom is -0.342 e. The molecule has 0 aromatic heterocycles. The Morgan fingerprint density at radius 2 is 0.707 bits per heavy atom. The van der Waals surface area contributed by atoms with Gasteiger partial charge in [-0.3, -0.25) is 4.79 Å². The molecule has 0 rings (SSSR count). The number of rotatable bonds is 34. The van der Waals surface area contributed by atoms with Crippen molar-refractivity contribution in [2.24, 2.45) is 5.73 Å². The Morgan fingerprint density at radius 3 is 1.00 bits per heavy atom. The van der Waals surface area contributed by atoms with E-state index in [-0.39, 0.29) is 12.5 Å². The molecule has 0 aliphatic carbocycles. The van der Waals surface area contributed by atoms with Crippen LogP contribution in [0.2, 0.25) is 0 Å². The number of carbonyl (C=O) groups excluding carboxylic acids is 1. The van der Waals surface area contributed by atoms with Crippen LogP contribution in [0.4, 0.5) is 0 Å². The maximum Gasteiger partial charge on any atom is 0.236 e. The van der Waals surface area contributed by atoms with Gasteiger partial charge >= 0.3 is 0 Å². The SMILES string of the molecule is CCCCCCCCC=CCCCCCCCCN(CCCCCCCCCCCCCCCCCC)C(=O)CN. The first-order chi connectivity index (χ1) is 20.3. The Labute approximate surface area is 259 Å². The van der Waals surface area contributed by atoms with E-state index in [0.29, 0.717) is 0 Å². The van der Waals surface area contributed by atoms with E-state index in [1.807, 2.05) is 4.90 Å². The number of nitrogens with zero attached hydrogens (tertiary/aromatic N) is 1. The van der Waals surface area contributed by atoms with Crippen LogP contribution in [0.5, 0.6) is 0 Å². The van der Waals surface area contributed by atoms with Crippen molar-refractivity contribution in [1.29, 1.82) is 0 Å². The fraction of sp³-hybridized carbons (Fsp3) is 0.921. The summed E-state index contributed by atoms with van der Waals surface area (Å²) < 4.78 is 0. The number of hydrogen-bond acceptors (Lipinski definition) is 2. The second kappa shape index (κ2) is 35.4. The molecule has 3 nitrogen and oxygen atoms in total. The fourth-order valence-electron chi connectivity index (χ4n) is 5.89. The molecule has 0 spiro atoms. The number of hydrogen-bond donors (Lipinski definition) is 1. The average molecular weight is 577 g/mol. The smallest absolute Gasteiger partial charge is 0.236 e. The monoisotopic (exact) mass is 577 g/mol. The van der Waals surface area contributed by atoms with Crippen LogP contribution >= 0.6 is 0 Å². The van der Waals surface area contributed by atoms with E-state index in [1.54, 1.807) is 0 Å². The summed E-state index contributed by atoms with van der Waals surface area (Å²) in [5.74, 6) is 0.138. The second-order valence-corrected chi connectivity index (χ2v) is 12.8. The molecule has 3 heteroatoms. The lowest BCUT2D eigenvalue weighted by Gasteiger charge is -2.22. The van der Waals surface area contributed by atoms with E-state index in [4.69, 9.17) is 5.73 Å². The first-order valence-corrected chi connectivity index (χ1v) is 18.9. The number of nitrogens with two attached hydrogens (primary N) is 1. The Kier molecular flexibility index (Phi) is 34.7. The largest absolute Gasteiger partial charge is 0.342 e. The molecular formula is C38H76N2O. The van der Waals surface area contributed by atoms with E-state index in [9.17, 15) is 4.79 Å². The van der Waals surface area contributed by atoms with Crippen LogP contribution in [-0.2, 0) is 4.79 Å². The van der Waals surface area contributed by atoms with Gasteiger partial charge in [-0.2, -0.15) is 0 Å². The van der Waals surface area contributed by atoms with Gasteiger partial charge in [-0.25, -0.2) is 0 Å². The number of carbonyl (C=O) groups is 1. The van der Waals surface area contributed by atoms with Crippen molar-refractivity contribution < 1.29 is 4.79 Å². The fourth-order valence-corrected chi connectivity index (χ4v) is 5.89.